The molecule has 0 atom stereocenters. The van der Waals surface area contributed by atoms with Crippen molar-refractivity contribution in [1.29, 1.82) is 0 Å². The summed E-state index contributed by atoms with van der Waals surface area (Å²) in [5.41, 5.74) is 7.09. The van der Waals surface area contributed by atoms with Crippen LogP contribution in [0.2, 0.25) is 0 Å². The summed E-state index contributed by atoms with van der Waals surface area (Å²) >= 11 is 0. The van der Waals surface area contributed by atoms with Gasteiger partial charge in [-0.05, 0) is 56.4 Å². The van der Waals surface area contributed by atoms with Crippen LogP contribution in [0.4, 0.5) is 5.69 Å². The molecular formula is C18H28ClN5O3S. The number of rotatable bonds is 5. The lowest BCUT2D eigenvalue weighted by Crippen LogP contribution is -2.40. The minimum Gasteiger partial charge on any atom is -0.372 e. The highest BCUT2D eigenvalue weighted by Gasteiger charge is 2.21. The first-order valence-corrected chi connectivity index (χ1v) is 10.9. The van der Waals surface area contributed by atoms with Crippen molar-refractivity contribution in [2.24, 2.45) is 10.1 Å². The molecule has 1 aromatic rings. The summed E-state index contributed by atoms with van der Waals surface area (Å²) in [6.45, 7) is 2.05. The Bertz CT molecular complexity index is 786. The maximum absolute atomic E-state index is 12.3. The molecule has 0 unspecified atom stereocenters. The van der Waals surface area contributed by atoms with Crippen molar-refractivity contribution >= 4 is 40.2 Å². The van der Waals surface area contributed by atoms with Gasteiger partial charge >= 0.3 is 10.2 Å². The van der Waals surface area contributed by atoms with E-state index in [2.05, 4.69) is 19.3 Å². The van der Waals surface area contributed by atoms with Gasteiger partial charge in [0.15, 0.2) is 0 Å². The molecule has 1 saturated heterocycles. The lowest BCUT2D eigenvalue weighted by molar-refractivity contribution is 0.0977. The number of nitrogens with two attached hydrogens (primary N) is 1. The van der Waals surface area contributed by atoms with E-state index in [0.717, 1.165) is 44.5 Å². The number of hydrogen-bond acceptors (Lipinski definition) is 4. The molecule has 28 heavy (non-hydrogen) atoms. The average Bonchev–Trinajstić information content (AvgIpc) is 3.14. The molecule has 8 nitrogen and oxygen atoms in total. The van der Waals surface area contributed by atoms with Crippen LogP contribution >= 0.6 is 12.4 Å². The van der Waals surface area contributed by atoms with E-state index in [4.69, 9.17) is 5.73 Å². The molecule has 0 bridgehead atoms. The van der Waals surface area contributed by atoms with E-state index in [1.54, 1.807) is 12.1 Å². The molecule has 10 heteroatoms. The van der Waals surface area contributed by atoms with Crippen molar-refractivity contribution in [3.05, 3.63) is 29.8 Å². The normalized spacial score (nSPS) is 18.6. The fourth-order valence-electron chi connectivity index (χ4n) is 3.60. The van der Waals surface area contributed by atoms with Crippen LogP contribution in [-0.2, 0) is 10.2 Å². The summed E-state index contributed by atoms with van der Waals surface area (Å²) in [4.78, 5) is 14.6. The molecule has 2 fully saturated rings. The number of anilines is 1. The van der Waals surface area contributed by atoms with Crippen LogP contribution in [0.15, 0.2) is 28.7 Å². The first kappa shape index (κ1) is 22.4. The number of carbonyl (C=O) groups is 1. The van der Waals surface area contributed by atoms with Gasteiger partial charge in [0.1, 0.15) is 0 Å². The Morgan fingerprint density at radius 1 is 1.04 bits per heavy atom. The quantitative estimate of drug-likeness (QED) is 0.488. The SMILES string of the molecule is Cl.N/C(=N\S(=O)(=O)NC1CCCC1)NC(=O)c1ccc(N2CCCCC2)cc1. The molecule has 1 aromatic carbocycles. The summed E-state index contributed by atoms with van der Waals surface area (Å²) in [6.07, 6.45) is 7.20. The Labute approximate surface area is 172 Å². The molecule has 1 aliphatic heterocycles. The largest absolute Gasteiger partial charge is 0.372 e. The fraction of sp³-hybridized carbons (Fsp3) is 0.556. The zero-order valence-corrected chi connectivity index (χ0v) is 17.4. The number of amides is 1. The predicted molar refractivity (Wildman–Crippen MR) is 113 cm³/mol. The highest BCUT2D eigenvalue weighted by Crippen LogP contribution is 2.20. The fourth-order valence-corrected chi connectivity index (χ4v) is 4.61. The number of nitrogens with one attached hydrogen (secondary N) is 2. The number of benzene rings is 1. The Hall–Kier alpha value is -1.84. The van der Waals surface area contributed by atoms with E-state index in [0.29, 0.717) is 5.56 Å². The van der Waals surface area contributed by atoms with Crippen LogP contribution in [0.25, 0.3) is 0 Å². The highest BCUT2D eigenvalue weighted by molar-refractivity contribution is 7.88. The zero-order chi connectivity index (χ0) is 19.3. The molecule has 1 amide bonds. The van der Waals surface area contributed by atoms with Crippen molar-refractivity contribution in [2.45, 2.75) is 51.0 Å². The van der Waals surface area contributed by atoms with Crippen molar-refractivity contribution in [1.82, 2.24) is 10.0 Å². The number of guanidine groups is 1. The standard InChI is InChI=1S/C18H27N5O3S.ClH/c19-18(22-27(25,26)21-15-6-2-3-7-15)20-17(24)14-8-10-16(11-9-14)23-12-4-1-5-13-23;/h8-11,15,21H,1-7,12-13H2,(H3,19,20,22,24);1H. The van der Waals surface area contributed by atoms with E-state index in [1.807, 2.05) is 12.1 Å². The topological polar surface area (TPSA) is 117 Å². The maximum atomic E-state index is 12.3. The minimum atomic E-state index is -3.92. The Morgan fingerprint density at radius 2 is 1.64 bits per heavy atom. The van der Waals surface area contributed by atoms with Gasteiger partial charge in [-0.15, -0.1) is 16.8 Å². The van der Waals surface area contributed by atoms with Gasteiger partial charge in [-0.3, -0.25) is 10.1 Å². The summed E-state index contributed by atoms with van der Waals surface area (Å²) in [5, 5.41) is 2.33. The number of hydrogen-bond donors (Lipinski definition) is 3. The first-order chi connectivity index (χ1) is 12.9. The molecular weight excluding hydrogens is 402 g/mol. The second kappa shape index (κ2) is 10.1. The molecule has 1 aliphatic carbocycles. The summed E-state index contributed by atoms with van der Waals surface area (Å²) < 4.78 is 29.9. The molecule has 156 valence electrons. The van der Waals surface area contributed by atoms with Gasteiger partial charge < -0.3 is 10.6 Å². The third kappa shape index (κ3) is 6.35. The van der Waals surface area contributed by atoms with Crippen molar-refractivity contribution in [2.75, 3.05) is 18.0 Å². The van der Waals surface area contributed by atoms with Gasteiger partial charge in [-0.2, -0.15) is 13.1 Å². The van der Waals surface area contributed by atoms with Crippen LogP contribution in [0.5, 0.6) is 0 Å². The third-order valence-electron chi connectivity index (χ3n) is 4.98. The van der Waals surface area contributed by atoms with E-state index < -0.39 is 22.1 Å². The van der Waals surface area contributed by atoms with Crippen LogP contribution in [0.3, 0.4) is 0 Å². The lowest BCUT2D eigenvalue weighted by Gasteiger charge is -2.28. The second-order valence-corrected chi connectivity index (χ2v) is 8.47. The third-order valence-corrected chi connectivity index (χ3v) is 6.05. The van der Waals surface area contributed by atoms with Gasteiger partial charge in [-0.25, -0.2) is 0 Å². The van der Waals surface area contributed by atoms with Gasteiger partial charge in [0.25, 0.3) is 5.91 Å². The number of carbonyl (C=O) groups excluding carboxylic acids is 1. The van der Waals surface area contributed by atoms with Crippen LogP contribution < -0.4 is 20.7 Å². The summed E-state index contributed by atoms with van der Waals surface area (Å²) in [6, 6.07) is 7.10. The van der Waals surface area contributed by atoms with Crippen molar-refractivity contribution in [3.8, 4) is 0 Å². The van der Waals surface area contributed by atoms with E-state index in [9.17, 15) is 13.2 Å². The summed E-state index contributed by atoms with van der Waals surface area (Å²) in [5.74, 6) is -0.928. The minimum absolute atomic E-state index is 0. The molecule has 2 aliphatic rings. The molecule has 3 rings (SSSR count). The van der Waals surface area contributed by atoms with Crippen molar-refractivity contribution < 1.29 is 13.2 Å². The average molecular weight is 430 g/mol. The van der Waals surface area contributed by atoms with E-state index >= 15 is 0 Å². The first-order valence-electron chi connectivity index (χ1n) is 9.47. The molecule has 1 saturated carbocycles. The molecule has 0 aromatic heterocycles. The van der Waals surface area contributed by atoms with Crippen molar-refractivity contribution in [3.63, 3.8) is 0 Å². The number of piperidine rings is 1. The number of nitrogens with zero attached hydrogens (tertiary/aromatic N) is 2. The molecule has 4 N–H and O–H groups in total. The zero-order valence-electron chi connectivity index (χ0n) is 15.8. The maximum Gasteiger partial charge on any atom is 0.323 e. The number of halogens is 1. The van der Waals surface area contributed by atoms with Gasteiger partial charge in [0, 0.05) is 30.4 Å². The lowest BCUT2D eigenvalue weighted by atomic mass is 10.1. The van der Waals surface area contributed by atoms with E-state index in [-0.39, 0.29) is 18.4 Å². The molecule has 0 spiro atoms. The smallest absolute Gasteiger partial charge is 0.323 e. The highest BCUT2D eigenvalue weighted by atomic mass is 35.5. The van der Waals surface area contributed by atoms with Crippen LogP contribution in [-0.4, -0.2) is 39.4 Å². The molecule has 0 radical (unpaired) electrons. The predicted octanol–water partition coefficient (Wildman–Crippen LogP) is 1.92. The Balaban J connectivity index is 0.00000280. The monoisotopic (exact) mass is 429 g/mol. The van der Waals surface area contributed by atoms with E-state index in [1.165, 1.54) is 19.3 Å². The summed E-state index contributed by atoms with van der Waals surface area (Å²) in [7, 11) is -3.92. The van der Waals surface area contributed by atoms with Gasteiger partial charge in [0.2, 0.25) is 5.96 Å². The Kier molecular flexibility index (Phi) is 8.09. The van der Waals surface area contributed by atoms with Gasteiger partial charge in [-0.1, -0.05) is 12.8 Å². The van der Waals surface area contributed by atoms with Crippen LogP contribution in [0, 0.1) is 0 Å². The van der Waals surface area contributed by atoms with Crippen LogP contribution in [0.1, 0.15) is 55.3 Å². The van der Waals surface area contributed by atoms with Gasteiger partial charge in [0.05, 0.1) is 0 Å². The Morgan fingerprint density at radius 3 is 2.25 bits per heavy atom. The molecule has 1 heterocycles. The second-order valence-electron chi connectivity index (χ2n) is 7.10.